The Labute approximate surface area is 180 Å². The highest BCUT2D eigenvalue weighted by Crippen LogP contribution is 2.48. The molecule has 1 aromatic carbocycles. The van der Waals surface area contributed by atoms with Gasteiger partial charge in [0.05, 0.1) is 13.2 Å². The molecule has 0 spiro atoms. The summed E-state index contributed by atoms with van der Waals surface area (Å²) < 4.78 is 18.1. The van der Waals surface area contributed by atoms with Gasteiger partial charge in [0.2, 0.25) is 6.79 Å². The van der Waals surface area contributed by atoms with Crippen LogP contribution >= 0.6 is 0 Å². The maximum Gasteiger partial charge on any atom is 0.263 e. The normalized spacial score (nSPS) is 28.1. The average molecular weight is 422 g/mol. The molecule has 4 aliphatic rings. The molecule has 1 aromatic heterocycles. The van der Waals surface area contributed by atoms with E-state index in [1.807, 2.05) is 36.1 Å². The van der Waals surface area contributed by atoms with Crippen molar-refractivity contribution in [1.29, 1.82) is 0 Å². The van der Waals surface area contributed by atoms with Crippen molar-refractivity contribution in [3.63, 3.8) is 0 Å². The van der Waals surface area contributed by atoms with E-state index in [9.17, 15) is 9.59 Å². The smallest absolute Gasteiger partial charge is 0.263 e. The Hall–Kier alpha value is -2.80. The van der Waals surface area contributed by atoms with Crippen molar-refractivity contribution in [3.8, 4) is 11.5 Å². The van der Waals surface area contributed by atoms with Gasteiger partial charge in [0, 0.05) is 25.9 Å². The molecule has 2 aromatic rings. The van der Waals surface area contributed by atoms with E-state index >= 15 is 0 Å². The van der Waals surface area contributed by atoms with Crippen LogP contribution in [0.2, 0.25) is 0 Å². The summed E-state index contributed by atoms with van der Waals surface area (Å²) in [6.45, 7) is 5.62. The lowest BCUT2D eigenvalue weighted by Crippen LogP contribution is -2.37. The van der Waals surface area contributed by atoms with Gasteiger partial charge in [0.1, 0.15) is 5.56 Å². The number of aromatic nitrogens is 1. The maximum absolute atomic E-state index is 13.4. The number of aryl methyl sites for hydroxylation is 1. The number of benzene rings is 1. The van der Waals surface area contributed by atoms with Gasteiger partial charge >= 0.3 is 0 Å². The van der Waals surface area contributed by atoms with Gasteiger partial charge in [0.15, 0.2) is 11.5 Å². The summed E-state index contributed by atoms with van der Waals surface area (Å²) >= 11 is 0. The van der Waals surface area contributed by atoms with Gasteiger partial charge in [-0.1, -0.05) is 6.07 Å². The van der Waals surface area contributed by atoms with Crippen molar-refractivity contribution in [2.75, 3.05) is 33.1 Å². The summed E-state index contributed by atoms with van der Waals surface area (Å²) in [6.07, 6.45) is 2.90. The molecule has 2 saturated heterocycles. The van der Waals surface area contributed by atoms with Crippen LogP contribution in [0.25, 0.3) is 0 Å². The molecular formula is C24H26N2O5. The van der Waals surface area contributed by atoms with Crippen LogP contribution in [0, 0.1) is 30.6 Å². The van der Waals surface area contributed by atoms with Crippen LogP contribution in [0.3, 0.4) is 0 Å². The standard InChI is InChI=1S/C24H26N2O5/c1-14-4-5-25(8-15-2-3-20-21(6-15)31-13-30-20)23(27)22(14)24(28)26-9-16-7-17-11-29-12-19(17)18(16)10-26/h2-6,16-19H,7-13H2,1H3/t16-,17+,18+,19-/m0/s1. The lowest BCUT2D eigenvalue weighted by molar-refractivity contribution is 0.0770. The number of pyridine rings is 1. The second kappa shape index (κ2) is 7.12. The summed E-state index contributed by atoms with van der Waals surface area (Å²) in [4.78, 5) is 28.6. The van der Waals surface area contributed by atoms with E-state index in [1.54, 1.807) is 10.8 Å². The van der Waals surface area contributed by atoms with Gasteiger partial charge in [-0.3, -0.25) is 9.59 Å². The van der Waals surface area contributed by atoms with Crippen LogP contribution < -0.4 is 15.0 Å². The second-order valence-electron chi connectivity index (χ2n) is 9.33. The fraction of sp³-hybridized carbons (Fsp3) is 0.500. The topological polar surface area (TPSA) is 70.0 Å². The molecule has 162 valence electrons. The van der Waals surface area contributed by atoms with E-state index in [0.29, 0.717) is 47.3 Å². The summed E-state index contributed by atoms with van der Waals surface area (Å²) in [5.41, 5.74) is 1.72. The summed E-state index contributed by atoms with van der Waals surface area (Å²) in [6, 6.07) is 7.52. The molecule has 4 atom stereocenters. The zero-order chi connectivity index (χ0) is 21.1. The number of nitrogens with zero attached hydrogens (tertiary/aromatic N) is 2. The number of hydrogen-bond donors (Lipinski definition) is 0. The van der Waals surface area contributed by atoms with Crippen molar-refractivity contribution < 1.29 is 19.0 Å². The Kier molecular flexibility index (Phi) is 4.35. The van der Waals surface area contributed by atoms with Gasteiger partial charge in [-0.15, -0.1) is 0 Å². The lowest BCUT2D eigenvalue weighted by Gasteiger charge is -2.21. The zero-order valence-corrected chi connectivity index (χ0v) is 17.6. The molecule has 0 unspecified atom stereocenters. The van der Waals surface area contributed by atoms with Crippen molar-refractivity contribution >= 4 is 5.91 Å². The Bertz CT molecular complexity index is 1110. The molecule has 3 fully saturated rings. The molecule has 4 heterocycles. The first-order valence-electron chi connectivity index (χ1n) is 11.0. The number of hydrogen-bond acceptors (Lipinski definition) is 5. The highest BCUT2D eigenvalue weighted by atomic mass is 16.7. The molecule has 6 rings (SSSR count). The van der Waals surface area contributed by atoms with Gasteiger partial charge in [-0.05, 0) is 66.3 Å². The minimum atomic E-state index is -0.234. The van der Waals surface area contributed by atoms with Crippen LogP contribution in [0.5, 0.6) is 11.5 Å². The van der Waals surface area contributed by atoms with E-state index in [1.165, 1.54) is 0 Å². The number of likely N-dealkylation sites (tertiary alicyclic amines) is 1. The molecular weight excluding hydrogens is 396 g/mol. The van der Waals surface area contributed by atoms with Crippen molar-refractivity contribution in [1.82, 2.24) is 9.47 Å². The summed E-state index contributed by atoms with van der Waals surface area (Å²) in [5, 5.41) is 0. The SMILES string of the molecule is Cc1ccn(Cc2ccc3c(c2)OCO3)c(=O)c1C(=O)N1C[C@@H]2C[C@@H]3COC[C@@H]3[C@@H]2C1. The predicted octanol–water partition coefficient (Wildman–Crippen LogP) is 2.29. The predicted molar refractivity (Wildman–Crippen MR) is 112 cm³/mol. The largest absolute Gasteiger partial charge is 0.454 e. The highest BCUT2D eigenvalue weighted by Gasteiger charge is 2.51. The number of carbonyl (C=O) groups excluding carboxylic acids is 1. The Balaban J connectivity index is 1.25. The first kappa shape index (κ1) is 18.9. The number of carbonyl (C=O) groups is 1. The van der Waals surface area contributed by atoms with E-state index in [-0.39, 0.29) is 18.3 Å². The number of ether oxygens (including phenoxy) is 3. The van der Waals surface area contributed by atoms with Crippen LogP contribution in [0.1, 0.15) is 27.9 Å². The highest BCUT2D eigenvalue weighted by molar-refractivity contribution is 5.95. The Morgan fingerprint density at radius 3 is 2.84 bits per heavy atom. The van der Waals surface area contributed by atoms with Crippen molar-refractivity contribution in [3.05, 3.63) is 57.5 Å². The third kappa shape index (κ3) is 3.05. The number of fused-ring (bicyclic) bond motifs is 4. The Morgan fingerprint density at radius 1 is 1.06 bits per heavy atom. The molecule has 31 heavy (non-hydrogen) atoms. The number of amides is 1. The molecule has 0 bridgehead atoms. The molecule has 3 aliphatic heterocycles. The van der Waals surface area contributed by atoms with E-state index < -0.39 is 0 Å². The van der Waals surface area contributed by atoms with Crippen LogP contribution in [-0.2, 0) is 11.3 Å². The fourth-order valence-corrected chi connectivity index (χ4v) is 5.96. The van der Waals surface area contributed by atoms with Crippen molar-refractivity contribution in [2.45, 2.75) is 19.9 Å². The van der Waals surface area contributed by atoms with E-state index in [2.05, 4.69) is 0 Å². The lowest BCUT2D eigenvalue weighted by atomic mass is 9.91. The van der Waals surface area contributed by atoms with Gasteiger partial charge in [0.25, 0.3) is 11.5 Å². The van der Waals surface area contributed by atoms with Crippen LogP contribution in [0.4, 0.5) is 0 Å². The van der Waals surface area contributed by atoms with E-state index in [4.69, 9.17) is 14.2 Å². The summed E-state index contributed by atoms with van der Waals surface area (Å²) in [7, 11) is 0. The second-order valence-corrected chi connectivity index (χ2v) is 9.33. The summed E-state index contributed by atoms with van der Waals surface area (Å²) in [5.74, 6) is 3.55. The first-order valence-corrected chi connectivity index (χ1v) is 11.0. The minimum absolute atomic E-state index is 0.132. The molecule has 1 saturated carbocycles. The Morgan fingerprint density at radius 2 is 1.94 bits per heavy atom. The van der Waals surface area contributed by atoms with E-state index in [0.717, 1.165) is 43.9 Å². The maximum atomic E-state index is 13.4. The molecule has 1 aliphatic carbocycles. The van der Waals surface area contributed by atoms with Crippen molar-refractivity contribution in [2.24, 2.45) is 23.7 Å². The average Bonchev–Trinajstić information content (AvgIpc) is 3.51. The molecule has 7 heteroatoms. The fourth-order valence-electron chi connectivity index (χ4n) is 5.96. The minimum Gasteiger partial charge on any atom is -0.454 e. The third-order valence-corrected chi connectivity index (χ3v) is 7.56. The van der Waals surface area contributed by atoms with Gasteiger partial charge in [-0.25, -0.2) is 0 Å². The molecule has 0 radical (unpaired) electrons. The zero-order valence-electron chi connectivity index (χ0n) is 17.6. The van der Waals surface area contributed by atoms with Crippen LogP contribution in [0.15, 0.2) is 35.3 Å². The van der Waals surface area contributed by atoms with Gasteiger partial charge < -0.3 is 23.7 Å². The number of rotatable bonds is 3. The molecule has 0 N–H and O–H groups in total. The monoisotopic (exact) mass is 422 g/mol. The first-order chi connectivity index (χ1) is 15.1. The van der Waals surface area contributed by atoms with Crippen LogP contribution in [-0.4, -0.2) is 48.5 Å². The molecule has 1 amide bonds. The van der Waals surface area contributed by atoms with Gasteiger partial charge in [-0.2, -0.15) is 0 Å². The third-order valence-electron chi connectivity index (χ3n) is 7.56. The quantitative estimate of drug-likeness (QED) is 0.759. The molecule has 7 nitrogen and oxygen atoms in total.